The van der Waals surface area contributed by atoms with Gasteiger partial charge in [0.25, 0.3) is 0 Å². The van der Waals surface area contributed by atoms with E-state index in [2.05, 4.69) is 30.2 Å². The van der Waals surface area contributed by atoms with Crippen molar-refractivity contribution in [3.63, 3.8) is 0 Å². The van der Waals surface area contributed by atoms with Crippen molar-refractivity contribution in [2.45, 2.75) is 0 Å². The van der Waals surface area contributed by atoms with Gasteiger partial charge in [0.05, 0.1) is 11.7 Å². The van der Waals surface area contributed by atoms with Gasteiger partial charge in [-0.05, 0) is 6.07 Å². The Morgan fingerprint density at radius 3 is 2.59 bits per heavy atom. The van der Waals surface area contributed by atoms with Gasteiger partial charge in [0.2, 0.25) is 0 Å². The molecule has 82 valence electrons. The first-order valence-electron chi connectivity index (χ1n) is 5.02. The van der Waals surface area contributed by atoms with Crippen LogP contribution >= 0.6 is 0 Å². The number of pyridine rings is 1. The van der Waals surface area contributed by atoms with Gasteiger partial charge in [-0.1, -0.05) is 0 Å². The minimum absolute atomic E-state index is 0.621. The number of fused-ring (bicyclic) bond motifs is 1. The van der Waals surface area contributed by atoms with Crippen molar-refractivity contribution in [2.24, 2.45) is 0 Å². The predicted octanol–water partition coefficient (Wildman–Crippen LogP) is 1.56. The van der Waals surface area contributed by atoms with Gasteiger partial charge in [0, 0.05) is 31.0 Å². The summed E-state index contributed by atoms with van der Waals surface area (Å²) in [4.78, 5) is 20.8. The lowest BCUT2D eigenvalue weighted by Gasteiger charge is -2.05. The molecule has 0 saturated carbocycles. The molecule has 0 fully saturated rings. The molecule has 0 unspecified atom stereocenters. The lowest BCUT2D eigenvalue weighted by molar-refractivity contribution is 1.18. The Morgan fingerprint density at radius 2 is 1.71 bits per heavy atom. The van der Waals surface area contributed by atoms with E-state index in [9.17, 15) is 0 Å². The van der Waals surface area contributed by atoms with Gasteiger partial charge in [0.15, 0.2) is 5.82 Å². The zero-order chi connectivity index (χ0) is 11.5. The maximum absolute atomic E-state index is 4.24. The van der Waals surface area contributed by atoms with Crippen LogP contribution in [-0.2, 0) is 0 Å². The van der Waals surface area contributed by atoms with Crippen molar-refractivity contribution in [1.29, 1.82) is 0 Å². The third-order valence-corrected chi connectivity index (χ3v) is 2.20. The van der Waals surface area contributed by atoms with Gasteiger partial charge >= 0.3 is 0 Å². The third kappa shape index (κ3) is 1.87. The Balaban J connectivity index is 2.06. The number of aromatic nitrogens is 5. The average Bonchev–Trinajstić information content (AvgIpc) is 2.40. The second-order valence-corrected chi connectivity index (χ2v) is 3.30. The van der Waals surface area contributed by atoms with E-state index in [-0.39, 0.29) is 0 Å². The molecule has 0 saturated heterocycles. The summed E-state index contributed by atoms with van der Waals surface area (Å²) in [5, 5.41) is 3.06. The lowest BCUT2D eigenvalue weighted by atomic mass is 10.3. The van der Waals surface area contributed by atoms with E-state index in [1.54, 1.807) is 37.2 Å². The standard InChI is InChI=1S/C11H8N6/c1-2-16-11(10-8(1)13-5-6-15-10)17-9-7-12-3-4-14-9/h1-7H,(H,14,16,17). The Labute approximate surface area is 96.8 Å². The largest absolute Gasteiger partial charge is 0.322 e. The highest BCUT2D eigenvalue weighted by molar-refractivity contribution is 5.86. The maximum atomic E-state index is 4.24. The fourth-order valence-electron chi connectivity index (χ4n) is 1.47. The molecule has 17 heavy (non-hydrogen) atoms. The maximum Gasteiger partial charge on any atom is 0.159 e. The van der Waals surface area contributed by atoms with Crippen molar-refractivity contribution in [3.05, 3.63) is 43.2 Å². The second-order valence-electron chi connectivity index (χ2n) is 3.30. The van der Waals surface area contributed by atoms with Crippen LogP contribution in [0.3, 0.4) is 0 Å². The number of nitrogens with zero attached hydrogens (tertiary/aromatic N) is 5. The van der Waals surface area contributed by atoms with Crippen LogP contribution < -0.4 is 5.32 Å². The molecule has 0 aliphatic rings. The molecule has 6 heteroatoms. The molecule has 0 bridgehead atoms. The molecule has 0 spiro atoms. The molecule has 1 N–H and O–H groups in total. The van der Waals surface area contributed by atoms with E-state index in [1.807, 2.05) is 6.07 Å². The smallest absolute Gasteiger partial charge is 0.159 e. The molecule has 0 radical (unpaired) electrons. The van der Waals surface area contributed by atoms with Crippen molar-refractivity contribution in [2.75, 3.05) is 5.32 Å². The molecule has 0 aromatic carbocycles. The molecule has 0 aliphatic carbocycles. The highest BCUT2D eigenvalue weighted by atomic mass is 15.1. The van der Waals surface area contributed by atoms with Gasteiger partial charge in [-0.25, -0.2) is 15.0 Å². The Hall–Kier alpha value is -2.63. The summed E-state index contributed by atoms with van der Waals surface area (Å²) < 4.78 is 0. The van der Waals surface area contributed by atoms with E-state index in [0.717, 1.165) is 5.52 Å². The second kappa shape index (κ2) is 4.09. The lowest BCUT2D eigenvalue weighted by Crippen LogP contribution is -1.98. The molecular weight excluding hydrogens is 216 g/mol. The van der Waals surface area contributed by atoms with E-state index in [4.69, 9.17) is 0 Å². The predicted molar refractivity (Wildman–Crippen MR) is 62.6 cm³/mol. The number of nitrogens with one attached hydrogen (secondary N) is 1. The van der Waals surface area contributed by atoms with Crippen molar-refractivity contribution < 1.29 is 0 Å². The summed E-state index contributed by atoms with van der Waals surface area (Å²) in [6.45, 7) is 0. The zero-order valence-electron chi connectivity index (χ0n) is 8.78. The molecule has 0 aliphatic heterocycles. The first-order valence-corrected chi connectivity index (χ1v) is 5.02. The summed E-state index contributed by atoms with van der Waals surface area (Å²) in [5.41, 5.74) is 1.49. The first kappa shape index (κ1) is 9.59. The van der Waals surface area contributed by atoms with Crippen molar-refractivity contribution in [3.8, 4) is 0 Å². The fraction of sp³-hybridized carbons (Fsp3) is 0. The summed E-state index contributed by atoms with van der Waals surface area (Å²) >= 11 is 0. The van der Waals surface area contributed by atoms with E-state index >= 15 is 0 Å². The fourth-order valence-corrected chi connectivity index (χ4v) is 1.47. The Kier molecular flexibility index (Phi) is 2.31. The minimum Gasteiger partial charge on any atom is -0.322 e. The average molecular weight is 224 g/mol. The third-order valence-electron chi connectivity index (χ3n) is 2.20. The van der Waals surface area contributed by atoms with Gasteiger partial charge in [-0.3, -0.25) is 9.97 Å². The van der Waals surface area contributed by atoms with Crippen LogP contribution in [0.4, 0.5) is 11.6 Å². The first-order chi connectivity index (χ1) is 8.43. The van der Waals surface area contributed by atoms with Gasteiger partial charge < -0.3 is 5.32 Å². The number of anilines is 2. The molecular formula is C11H8N6. The van der Waals surface area contributed by atoms with Crippen molar-refractivity contribution in [1.82, 2.24) is 24.9 Å². The normalized spacial score (nSPS) is 10.4. The summed E-state index contributed by atoms with van der Waals surface area (Å²) in [5.74, 6) is 1.24. The zero-order valence-corrected chi connectivity index (χ0v) is 8.78. The molecule has 6 nitrogen and oxygen atoms in total. The van der Waals surface area contributed by atoms with Gasteiger partial charge in [-0.2, -0.15) is 0 Å². The van der Waals surface area contributed by atoms with Crippen LogP contribution in [0.1, 0.15) is 0 Å². The molecule has 0 atom stereocenters. The minimum atomic E-state index is 0.621. The van der Waals surface area contributed by atoms with Crippen LogP contribution in [0, 0.1) is 0 Å². The quantitative estimate of drug-likeness (QED) is 0.711. The van der Waals surface area contributed by atoms with E-state index in [0.29, 0.717) is 17.2 Å². The van der Waals surface area contributed by atoms with Crippen LogP contribution in [-0.4, -0.2) is 24.9 Å². The Morgan fingerprint density at radius 1 is 0.824 bits per heavy atom. The molecule has 3 aromatic heterocycles. The monoisotopic (exact) mass is 224 g/mol. The number of hydrogen-bond acceptors (Lipinski definition) is 6. The summed E-state index contributed by atoms with van der Waals surface area (Å²) in [7, 11) is 0. The number of hydrogen-bond donors (Lipinski definition) is 1. The SMILES string of the molecule is c1cnc(Nc2nccc3nccnc23)cn1. The van der Waals surface area contributed by atoms with Crippen LogP contribution in [0.15, 0.2) is 43.2 Å². The number of rotatable bonds is 2. The molecule has 3 rings (SSSR count). The molecule has 3 aromatic rings. The molecule has 0 amide bonds. The van der Waals surface area contributed by atoms with Crippen molar-refractivity contribution >= 4 is 22.7 Å². The van der Waals surface area contributed by atoms with Crippen LogP contribution in [0.25, 0.3) is 11.0 Å². The molecule has 3 heterocycles. The summed E-state index contributed by atoms with van der Waals surface area (Å²) in [6, 6.07) is 1.81. The summed E-state index contributed by atoms with van der Waals surface area (Å²) in [6.07, 6.45) is 9.80. The van der Waals surface area contributed by atoms with Crippen LogP contribution in [0.2, 0.25) is 0 Å². The van der Waals surface area contributed by atoms with E-state index in [1.165, 1.54) is 0 Å². The highest BCUT2D eigenvalue weighted by Crippen LogP contribution is 2.18. The highest BCUT2D eigenvalue weighted by Gasteiger charge is 2.04. The topological polar surface area (TPSA) is 76.5 Å². The van der Waals surface area contributed by atoms with Gasteiger partial charge in [-0.15, -0.1) is 0 Å². The van der Waals surface area contributed by atoms with Crippen LogP contribution in [0.5, 0.6) is 0 Å². The van der Waals surface area contributed by atoms with Gasteiger partial charge in [0.1, 0.15) is 11.3 Å². The van der Waals surface area contributed by atoms with E-state index < -0.39 is 0 Å². The Bertz CT molecular complexity index is 634.